The third kappa shape index (κ3) is 2.88. The highest BCUT2D eigenvalue weighted by Gasteiger charge is 2.05. The van der Waals surface area contributed by atoms with E-state index in [4.69, 9.17) is 0 Å². The van der Waals surface area contributed by atoms with Crippen LogP contribution in [0.3, 0.4) is 0 Å². The Hall–Kier alpha value is -1.84. The van der Waals surface area contributed by atoms with Gasteiger partial charge in [-0.2, -0.15) is 0 Å². The number of nitrogens with zero attached hydrogens (tertiary/aromatic N) is 3. The van der Waals surface area contributed by atoms with Gasteiger partial charge in [0, 0.05) is 25.4 Å². The highest BCUT2D eigenvalue weighted by atomic mass is 15.1. The first-order valence-electron chi connectivity index (χ1n) is 6.58. The Kier molecular flexibility index (Phi) is 4.34. The third-order valence-electron chi connectivity index (χ3n) is 2.73. The molecule has 0 spiro atoms. The molecule has 0 aliphatic carbocycles. The maximum atomic E-state index is 4.61. The van der Waals surface area contributed by atoms with Crippen LogP contribution in [0.1, 0.15) is 32.5 Å². The van der Waals surface area contributed by atoms with Crippen LogP contribution in [0.2, 0.25) is 0 Å². The van der Waals surface area contributed by atoms with Crippen LogP contribution in [0.5, 0.6) is 0 Å². The zero-order valence-corrected chi connectivity index (χ0v) is 11.1. The lowest BCUT2D eigenvalue weighted by atomic mass is 10.3. The molecule has 0 bridgehead atoms. The standard InChI is InChI=1S/C14H20N4/c1-3-6-13-16-10-11-18(13)14-8-5-7-12(17-14)15-9-4-2/h5,7-8,10-11H,3-4,6,9H2,1-2H3,(H,15,17). The first-order valence-corrected chi connectivity index (χ1v) is 6.58. The number of imidazole rings is 1. The van der Waals surface area contributed by atoms with Gasteiger partial charge in [-0.1, -0.05) is 19.9 Å². The molecule has 2 aromatic rings. The highest BCUT2D eigenvalue weighted by Crippen LogP contribution is 2.12. The number of rotatable bonds is 6. The number of nitrogens with one attached hydrogen (secondary N) is 1. The second-order valence-corrected chi connectivity index (χ2v) is 4.27. The van der Waals surface area contributed by atoms with E-state index in [9.17, 15) is 0 Å². The summed E-state index contributed by atoms with van der Waals surface area (Å²) in [6.07, 6.45) is 6.96. The summed E-state index contributed by atoms with van der Waals surface area (Å²) in [7, 11) is 0. The van der Waals surface area contributed by atoms with Gasteiger partial charge in [0.05, 0.1) is 0 Å². The molecule has 96 valence electrons. The van der Waals surface area contributed by atoms with Gasteiger partial charge in [0.2, 0.25) is 0 Å². The SMILES string of the molecule is CCCNc1cccc(-n2ccnc2CCC)n1. The monoisotopic (exact) mass is 244 g/mol. The zero-order valence-electron chi connectivity index (χ0n) is 11.1. The van der Waals surface area contributed by atoms with Crippen LogP contribution in [0, 0.1) is 0 Å². The van der Waals surface area contributed by atoms with Gasteiger partial charge in [0.25, 0.3) is 0 Å². The number of aryl methyl sites for hydroxylation is 1. The summed E-state index contributed by atoms with van der Waals surface area (Å²) in [5.74, 6) is 2.92. The largest absolute Gasteiger partial charge is 0.370 e. The van der Waals surface area contributed by atoms with Crippen molar-refractivity contribution in [2.45, 2.75) is 33.1 Å². The maximum Gasteiger partial charge on any atom is 0.140 e. The molecule has 0 aliphatic rings. The van der Waals surface area contributed by atoms with Crippen molar-refractivity contribution >= 4 is 5.82 Å². The molecule has 0 saturated carbocycles. The van der Waals surface area contributed by atoms with Crippen molar-refractivity contribution < 1.29 is 0 Å². The van der Waals surface area contributed by atoms with Crippen molar-refractivity contribution in [2.75, 3.05) is 11.9 Å². The molecule has 0 radical (unpaired) electrons. The summed E-state index contributed by atoms with van der Waals surface area (Å²) in [5.41, 5.74) is 0. The Morgan fingerprint density at radius 1 is 1.22 bits per heavy atom. The first kappa shape index (κ1) is 12.6. The average Bonchev–Trinajstić information content (AvgIpc) is 2.85. The minimum atomic E-state index is 0.922. The molecule has 2 heterocycles. The van der Waals surface area contributed by atoms with Crippen molar-refractivity contribution in [1.82, 2.24) is 14.5 Å². The van der Waals surface area contributed by atoms with E-state index in [0.29, 0.717) is 0 Å². The van der Waals surface area contributed by atoms with Crippen LogP contribution < -0.4 is 5.32 Å². The predicted octanol–water partition coefficient (Wildman–Crippen LogP) is 3.04. The third-order valence-corrected chi connectivity index (χ3v) is 2.73. The van der Waals surface area contributed by atoms with Gasteiger partial charge in [-0.05, 0) is 25.0 Å². The molecule has 0 aromatic carbocycles. The molecule has 0 aliphatic heterocycles. The van der Waals surface area contributed by atoms with Crippen molar-refractivity contribution in [3.8, 4) is 5.82 Å². The van der Waals surface area contributed by atoms with Crippen molar-refractivity contribution in [1.29, 1.82) is 0 Å². The van der Waals surface area contributed by atoms with E-state index >= 15 is 0 Å². The summed E-state index contributed by atoms with van der Waals surface area (Å²) in [6, 6.07) is 6.03. The van der Waals surface area contributed by atoms with Gasteiger partial charge < -0.3 is 5.32 Å². The fourth-order valence-electron chi connectivity index (χ4n) is 1.86. The molecule has 1 N–H and O–H groups in total. The molecular formula is C14H20N4. The Morgan fingerprint density at radius 3 is 2.89 bits per heavy atom. The van der Waals surface area contributed by atoms with Gasteiger partial charge in [0.1, 0.15) is 17.5 Å². The lowest BCUT2D eigenvalue weighted by molar-refractivity contribution is 0.798. The van der Waals surface area contributed by atoms with Crippen LogP contribution in [0.4, 0.5) is 5.82 Å². The van der Waals surface area contributed by atoms with Gasteiger partial charge in [-0.3, -0.25) is 4.57 Å². The fourth-order valence-corrected chi connectivity index (χ4v) is 1.86. The second kappa shape index (κ2) is 6.19. The molecular weight excluding hydrogens is 224 g/mol. The Bertz CT molecular complexity index is 490. The van der Waals surface area contributed by atoms with Crippen LogP contribution in [0.15, 0.2) is 30.6 Å². The Balaban J connectivity index is 2.24. The molecule has 2 rings (SSSR count). The van der Waals surface area contributed by atoms with Gasteiger partial charge in [-0.15, -0.1) is 0 Å². The number of hydrogen-bond acceptors (Lipinski definition) is 3. The van der Waals surface area contributed by atoms with Gasteiger partial charge in [0.15, 0.2) is 0 Å². The van der Waals surface area contributed by atoms with E-state index in [0.717, 1.165) is 43.3 Å². The summed E-state index contributed by atoms with van der Waals surface area (Å²) in [6.45, 7) is 5.25. The molecule has 4 heteroatoms. The van der Waals surface area contributed by atoms with Crippen molar-refractivity contribution in [3.05, 3.63) is 36.4 Å². The van der Waals surface area contributed by atoms with E-state index in [-0.39, 0.29) is 0 Å². The fraction of sp³-hybridized carbons (Fsp3) is 0.429. The van der Waals surface area contributed by atoms with Crippen molar-refractivity contribution in [2.24, 2.45) is 0 Å². The van der Waals surface area contributed by atoms with E-state index in [2.05, 4.69) is 33.7 Å². The number of hydrogen-bond donors (Lipinski definition) is 1. The van der Waals surface area contributed by atoms with Crippen LogP contribution in [-0.4, -0.2) is 21.1 Å². The summed E-state index contributed by atoms with van der Waals surface area (Å²) in [5, 5.41) is 3.30. The summed E-state index contributed by atoms with van der Waals surface area (Å²) >= 11 is 0. The van der Waals surface area contributed by atoms with E-state index < -0.39 is 0 Å². The molecule has 0 amide bonds. The molecule has 4 nitrogen and oxygen atoms in total. The lowest BCUT2D eigenvalue weighted by Crippen LogP contribution is -2.06. The maximum absolute atomic E-state index is 4.61. The zero-order chi connectivity index (χ0) is 12.8. The molecule has 0 fully saturated rings. The average molecular weight is 244 g/mol. The van der Waals surface area contributed by atoms with Gasteiger partial charge in [-0.25, -0.2) is 9.97 Å². The highest BCUT2D eigenvalue weighted by molar-refractivity contribution is 5.40. The number of pyridine rings is 1. The molecule has 18 heavy (non-hydrogen) atoms. The number of aromatic nitrogens is 3. The van der Waals surface area contributed by atoms with Gasteiger partial charge >= 0.3 is 0 Å². The van der Waals surface area contributed by atoms with E-state index in [1.165, 1.54) is 0 Å². The summed E-state index contributed by atoms with van der Waals surface area (Å²) < 4.78 is 2.06. The van der Waals surface area contributed by atoms with Crippen LogP contribution in [-0.2, 0) is 6.42 Å². The predicted molar refractivity (Wildman–Crippen MR) is 74.1 cm³/mol. The van der Waals surface area contributed by atoms with Crippen molar-refractivity contribution in [3.63, 3.8) is 0 Å². The number of anilines is 1. The quantitative estimate of drug-likeness (QED) is 0.849. The minimum absolute atomic E-state index is 0.922. The van der Waals surface area contributed by atoms with E-state index in [1.807, 2.05) is 30.6 Å². The first-order chi connectivity index (χ1) is 8.85. The lowest BCUT2D eigenvalue weighted by Gasteiger charge is -2.09. The second-order valence-electron chi connectivity index (χ2n) is 4.27. The van der Waals surface area contributed by atoms with Crippen LogP contribution >= 0.6 is 0 Å². The minimum Gasteiger partial charge on any atom is -0.370 e. The topological polar surface area (TPSA) is 42.7 Å². The van der Waals surface area contributed by atoms with E-state index in [1.54, 1.807) is 0 Å². The molecule has 2 aromatic heterocycles. The van der Waals surface area contributed by atoms with Crippen LogP contribution in [0.25, 0.3) is 5.82 Å². The summed E-state index contributed by atoms with van der Waals surface area (Å²) in [4.78, 5) is 8.98. The molecule has 0 saturated heterocycles. The molecule has 0 unspecified atom stereocenters. The normalized spacial score (nSPS) is 10.6. The smallest absolute Gasteiger partial charge is 0.140 e. The Labute approximate surface area is 108 Å². The Morgan fingerprint density at radius 2 is 2.11 bits per heavy atom. The molecule has 0 atom stereocenters.